The van der Waals surface area contributed by atoms with E-state index >= 15 is 0 Å². The van der Waals surface area contributed by atoms with E-state index < -0.39 is 0 Å². The molecule has 7 heteroatoms. The molecule has 0 bridgehead atoms. The van der Waals surface area contributed by atoms with Crippen molar-refractivity contribution in [1.29, 1.82) is 0 Å². The molecule has 2 aliphatic heterocycles. The molecule has 3 rings (SSSR count). The summed E-state index contributed by atoms with van der Waals surface area (Å²) >= 11 is 3.37. The molecule has 1 unspecified atom stereocenters. The molecule has 2 saturated heterocycles. The smallest absolute Gasteiger partial charge is 0.260 e. The van der Waals surface area contributed by atoms with Gasteiger partial charge >= 0.3 is 0 Å². The van der Waals surface area contributed by atoms with E-state index in [0.29, 0.717) is 18.8 Å². The van der Waals surface area contributed by atoms with E-state index in [1.54, 1.807) is 0 Å². The van der Waals surface area contributed by atoms with Crippen LogP contribution in [0, 0.1) is 0 Å². The third-order valence-corrected chi connectivity index (χ3v) is 5.02. The summed E-state index contributed by atoms with van der Waals surface area (Å²) in [5.41, 5.74) is 0. The number of rotatable bonds is 4. The molecular weight excluding hydrogens is 374 g/mol. The molecule has 1 aromatic rings. The number of likely N-dealkylation sites (tertiary alicyclic amines) is 1. The van der Waals surface area contributed by atoms with Crippen LogP contribution < -0.4 is 10.1 Å². The fourth-order valence-corrected chi connectivity index (χ4v) is 3.47. The van der Waals surface area contributed by atoms with Crippen molar-refractivity contribution >= 4 is 27.7 Å². The van der Waals surface area contributed by atoms with E-state index in [-0.39, 0.29) is 24.5 Å². The third kappa shape index (κ3) is 4.27. The van der Waals surface area contributed by atoms with Gasteiger partial charge in [0.05, 0.1) is 6.54 Å². The molecule has 0 saturated carbocycles. The van der Waals surface area contributed by atoms with Crippen LogP contribution in [0.4, 0.5) is 0 Å². The first kappa shape index (κ1) is 17.2. The summed E-state index contributed by atoms with van der Waals surface area (Å²) in [6.07, 6.45) is 1.88. The summed E-state index contributed by atoms with van der Waals surface area (Å²) in [4.78, 5) is 28.2. The van der Waals surface area contributed by atoms with Crippen molar-refractivity contribution < 1.29 is 14.3 Å². The quantitative estimate of drug-likeness (QED) is 0.833. The Morgan fingerprint density at radius 2 is 2.08 bits per heavy atom. The van der Waals surface area contributed by atoms with E-state index in [1.165, 1.54) is 0 Å². The zero-order valence-corrected chi connectivity index (χ0v) is 15.1. The molecule has 0 aliphatic carbocycles. The molecule has 0 aromatic heterocycles. The van der Waals surface area contributed by atoms with Gasteiger partial charge in [-0.3, -0.25) is 9.59 Å². The van der Waals surface area contributed by atoms with Crippen molar-refractivity contribution in [2.75, 3.05) is 39.3 Å². The number of hydrogen-bond acceptors (Lipinski definition) is 4. The first-order chi connectivity index (χ1) is 11.6. The average molecular weight is 396 g/mol. The summed E-state index contributed by atoms with van der Waals surface area (Å²) in [5, 5.41) is 3.08. The summed E-state index contributed by atoms with van der Waals surface area (Å²) in [7, 11) is 0. The highest BCUT2D eigenvalue weighted by atomic mass is 79.9. The first-order valence-corrected chi connectivity index (χ1v) is 9.09. The fraction of sp³-hybridized carbons (Fsp3) is 0.529. The monoisotopic (exact) mass is 395 g/mol. The Hall–Kier alpha value is -1.60. The number of piperidine rings is 1. The Balaban J connectivity index is 1.52. The molecule has 1 aromatic carbocycles. The number of halogens is 1. The van der Waals surface area contributed by atoms with E-state index in [9.17, 15) is 9.59 Å². The second kappa shape index (κ2) is 7.98. The lowest BCUT2D eigenvalue weighted by atomic mass is 10.0. The largest absolute Gasteiger partial charge is 0.484 e. The van der Waals surface area contributed by atoms with Crippen molar-refractivity contribution in [2.45, 2.75) is 18.9 Å². The predicted octanol–water partition coefficient (Wildman–Crippen LogP) is 1.25. The summed E-state index contributed by atoms with van der Waals surface area (Å²) in [5.74, 6) is 0.786. The lowest BCUT2D eigenvalue weighted by Crippen LogP contribution is -2.57. The summed E-state index contributed by atoms with van der Waals surface area (Å²) < 4.78 is 6.55. The van der Waals surface area contributed by atoms with Gasteiger partial charge in [-0.25, -0.2) is 0 Å². The van der Waals surface area contributed by atoms with Crippen LogP contribution in [-0.2, 0) is 9.59 Å². The third-order valence-electron chi connectivity index (χ3n) is 4.49. The minimum Gasteiger partial charge on any atom is -0.484 e. The number of hydrogen-bond donors (Lipinski definition) is 1. The normalized spacial score (nSPS) is 21.7. The second-order valence-corrected chi connectivity index (χ2v) is 7.06. The minimum absolute atomic E-state index is 0.0230. The highest BCUT2D eigenvalue weighted by Crippen LogP contribution is 2.19. The van der Waals surface area contributed by atoms with Crippen LogP contribution in [0.1, 0.15) is 12.8 Å². The van der Waals surface area contributed by atoms with Crippen molar-refractivity contribution in [3.05, 3.63) is 28.7 Å². The van der Waals surface area contributed by atoms with E-state index in [1.807, 2.05) is 34.1 Å². The van der Waals surface area contributed by atoms with Crippen LogP contribution in [-0.4, -0.2) is 67.0 Å². The number of piperazine rings is 1. The number of carbonyl (C=O) groups excluding carboxylic acids is 2. The molecule has 24 heavy (non-hydrogen) atoms. The van der Waals surface area contributed by atoms with Crippen molar-refractivity contribution in [3.63, 3.8) is 0 Å². The molecule has 130 valence electrons. The van der Waals surface area contributed by atoms with Crippen molar-refractivity contribution in [1.82, 2.24) is 15.1 Å². The van der Waals surface area contributed by atoms with Gasteiger partial charge in [-0.2, -0.15) is 0 Å². The highest BCUT2D eigenvalue weighted by Gasteiger charge is 2.31. The number of nitrogens with one attached hydrogen (secondary N) is 1. The molecule has 0 radical (unpaired) electrons. The van der Waals surface area contributed by atoms with Gasteiger partial charge in [0.1, 0.15) is 5.75 Å². The number of benzene rings is 1. The topological polar surface area (TPSA) is 61.9 Å². The Morgan fingerprint density at radius 3 is 2.83 bits per heavy atom. The summed E-state index contributed by atoms with van der Waals surface area (Å²) in [6, 6.07) is 7.55. The average Bonchev–Trinajstić information content (AvgIpc) is 2.61. The Labute approximate surface area is 150 Å². The van der Waals surface area contributed by atoms with Gasteiger partial charge < -0.3 is 19.9 Å². The maximum Gasteiger partial charge on any atom is 0.260 e. The standard InChI is InChI=1S/C17H22BrN3O3/c18-13-3-5-15(6-4-13)24-12-17(23)20-8-1-2-14(11-20)21-9-7-19-10-16(21)22/h3-6,14,19H,1-2,7-12H2. The SMILES string of the molecule is O=C(COc1ccc(Br)cc1)N1CCCC(N2CCNCC2=O)C1. The Bertz CT molecular complexity index is 593. The molecule has 1 N–H and O–H groups in total. The predicted molar refractivity (Wildman–Crippen MR) is 93.8 cm³/mol. The van der Waals surface area contributed by atoms with Crippen LogP contribution in [0.2, 0.25) is 0 Å². The van der Waals surface area contributed by atoms with Gasteiger partial charge in [0.25, 0.3) is 5.91 Å². The molecule has 2 heterocycles. The van der Waals surface area contributed by atoms with Crippen LogP contribution in [0.3, 0.4) is 0 Å². The molecule has 0 spiro atoms. The van der Waals surface area contributed by atoms with Gasteiger partial charge in [0.15, 0.2) is 6.61 Å². The van der Waals surface area contributed by atoms with Gasteiger partial charge in [0, 0.05) is 36.7 Å². The molecule has 1 atom stereocenters. The zero-order chi connectivity index (χ0) is 16.9. The van der Waals surface area contributed by atoms with Crippen LogP contribution in [0.25, 0.3) is 0 Å². The van der Waals surface area contributed by atoms with E-state index in [4.69, 9.17) is 4.74 Å². The van der Waals surface area contributed by atoms with Gasteiger partial charge in [-0.1, -0.05) is 15.9 Å². The van der Waals surface area contributed by atoms with Crippen LogP contribution in [0.15, 0.2) is 28.7 Å². The maximum atomic E-state index is 12.4. The summed E-state index contributed by atoms with van der Waals surface area (Å²) in [6.45, 7) is 3.32. The number of carbonyl (C=O) groups is 2. The Morgan fingerprint density at radius 1 is 1.29 bits per heavy atom. The number of amides is 2. The molecule has 2 amide bonds. The Kier molecular flexibility index (Phi) is 5.73. The van der Waals surface area contributed by atoms with Crippen molar-refractivity contribution in [3.8, 4) is 5.75 Å². The minimum atomic E-state index is -0.0230. The molecule has 6 nitrogen and oxygen atoms in total. The van der Waals surface area contributed by atoms with E-state index in [2.05, 4.69) is 21.2 Å². The number of ether oxygens (including phenoxy) is 1. The fourth-order valence-electron chi connectivity index (χ4n) is 3.21. The zero-order valence-electron chi connectivity index (χ0n) is 13.5. The molecular formula is C17H22BrN3O3. The lowest BCUT2D eigenvalue weighted by Gasteiger charge is -2.41. The van der Waals surface area contributed by atoms with Gasteiger partial charge in [-0.15, -0.1) is 0 Å². The number of nitrogens with zero attached hydrogens (tertiary/aromatic N) is 2. The van der Waals surface area contributed by atoms with Crippen LogP contribution in [0.5, 0.6) is 5.75 Å². The second-order valence-electron chi connectivity index (χ2n) is 6.14. The van der Waals surface area contributed by atoms with Crippen molar-refractivity contribution in [2.24, 2.45) is 0 Å². The first-order valence-electron chi connectivity index (χ1n) is 8.30. The van der Waals surface area contributed by atoms with Gasteiger partial charge in [0.2, 0.25) is 5.91 Å². The molecule has 2 fully saturated rings. The maximum absolute atomic E-state index is 12.4. The van der Waals surface area contributed by atoms with Crippen LogP contribution >= 0.6 is 15.9 Å². The highest BCUT2D eigenvalue weighted by molar-refractivity contribution is 9.10. The van der Waals surface area contributed by atoms with E-state index in [0.717, 1.165) is 36.9 Å². The lowest BCUT2D eigenvalue weighted by molar-refractivity contribution is -0.141. The molecule has 2 aliphatic rings. The van der Waals surface area contributed by atoms with Gasteiger partial charge in [-0.05, 0) is 37.1 Å².